The maximum atomic E-state index is 2.37. The first-order valence-corrected chi connectivity index (χ1v) is 18.5. The topological polar surface area (TPSA) is 8.17 Å². The first-order chi connectivity index (χ1) is 26.8. The number of rotatable bonds is 7. The van der Waals surface area contributed by atoms with Crippen molar-refractivity contribution in [3.8, 4) is 39.1 Å². The summed E-state index contributed by atoms with van der Waals surface area (Å²) in [6.45, 7) is 0. The quantitative estimate of drug-likeness (QED) is 0.162. The zero-order valence-corrected chi connectivity index (χ0v) is 29.7. The van der Waals surface area contributed by atoms with Gasteiger partial charge in [0.1, 0.15) is 0 Å². The molecule has 0 atom stereocenters. The van der Waals surface area contributed by atoms with E-state index in [1.807, 2.05) is 0 Å². The van der Waals surface area contributed by atoms with E-state index >= 15 is 0 Å². The number of anilines is 3. The van der Waals surface area contributed by atoms with Crippen molar-refractivity contribution in [3.63, 3.8) is 0 Å². The lowest BCUT2D eigenvalue weighted by Gasteiger charge is -2.26. The van der Waals surface area contributed by atoms with Crippen molar-refractivity contribution in [2.45, 2.75) is 0 Å². The van der Waals surface area contributed by atoms with E-state index in [1.54, 1.807) is 0 Å². The molecule has 0 unspecified atom stereocenters. The van der Waals surface area contributed by atoms with E-state index in [0.717, 1.165) is 22.7 Å². The van der Waals surface area contributed by atoms with Gasteiger partial charge < -0.3 is 9.47 Å². The van der Waals surface area contributed by atoms with Crippen LogP contribution in [0, 0.1) is 0 Å². The van der Waals surface area contributed by atoms with Crippen LogP contribution < -0.4 is 4.90 Å². The van der Waals surface area contributed by atoms with Crippen LogP contribution in [0.25, 0.3) is 71.6 Å². The summed E-state index contributed by atoms with van der Waals surface area (Å²) in [7, 11) is 0. The van der Waals surface area contributed by atoms with Gasteiger partial charge in [-0.25, -0.2) is 0 Å². The van der Waals surface area contributed by atoms with Crippen LogP contribution in [0.1, 0.15) is 0 Å². The van der Waals surface area contributed by atoms with Crippen LogP contribution in [0.15, 0.2) is 218 Å². The van der Waals surface area contributed by atoms with Gasteiger partial charge in [0, 0.05) is 33.5 Å². The Hall–Kier alpha value is -7.16. The smallest absolute Gasteiger partial charge is 0.0541 e. The highest BCUT2D eigenvalue weighted by molar-refractivity contribution is 6.09. The zero-order valence-electron chi connectivity index (χ0n) is 29.7. The minimum Gasteiger partial charge on any atom is -0.310 e. The van der Waals surface area contributed by atoms with Gasteiger partial charge in [-0.1, -0.05) is 158 Å². The van der Waals surface area contributed by atoms with Gasteiger partial charge in [-0.3, -0.25) is 0 Å². The third-order valence-corrected chi connectivity index (χ3v) is 10.6. The Morgan fingerprint density at radius 1 is 0.296 bits per heavy atom. The van der Waals surface area contributed by atoms with E-state index < -0.39 is 0 Å². The normalized spacial score (nSPS) is 11.3. The van der Waals surface area contributed by atoms with Gasteiger partial charge in [0.25, 0.3) is 0 Å². The molecule has 1 aromatic heterocycles. The minimum atomic E-state index is 1.09. The van der Waals surface area contributed by atoms with Crippen molar-refractivity contribution in [3.05, 3.63) is 218 Å². The molecule has 0 N–H and O–H groups in total. The highest BCUT2D eigenvalue weighted by atomic mass is 15.1. The van der Waals surface area contributed by atoms with Crippen LogP contribution in [0.2, 0.25) is 0 Å². The molecule has 0 saturated carbocycles. The predicted molar refractivity (Wildman–Crippen MR) is 229 cm³/mol. The van der Waals surface area contributed by atoms with Crippen molar-refractivity contribution in [1.29, 1.82) is 0 Å². The van der Waals surface area contributed by atoms with Gasteiger partial charge in [0.05, 0.1) is 11.0 Å². The molecule has 0 aliphatic carbocycles. The lowest BCUT2D eigenvalue weighted by molar-refractivity contribution is 1.17. The molecule has 0 spiro atoms. The lowest BCUT2D eigenvalue weighted by Crippen LogP contribution is -2.10. The summed E-state index contributed by atoms with van der Waals surface area (Å²) in [6.07, 6.45) is 0. The summed E-state index contributed by atoms with van der Waals surface area (Å²) >= 11 is 0. The molecule has 0 bridgehead atoms. The monoisotopic (exact) mass is 688 g/mol. The molecule has 0 fully saturated rings. The summed E-state index contributed by atoms with van der Waals surface area (Å²) < 4.78 is 2.37. The molecule has 2 heteroatoms. The number of para-hydroxylation sites is 2. The van der Waals surface area contributed by atoms with Crippen LogP contribution in [-0.2, 0) is 0 Å². The highest BCUT2D eigenvalue weighted by Crippen LogP contribution is 2.40. The second kappa shape index (κ2) is 13.4. The molecule has 10 rings (SSSR count). The molecule has 0 aliphatic rings. The van der Waals surface area contributed by atoms with Crippen LogP contribution in [-0.4, -0.2) is 4.57 Å². The van der Waals surface area contributed by atoms with Crippen LogP contribution in [0.3, 0.4) is 0 Å². The number of benzene rings is 9. The van der Waals surface area contributed by atoms with Gasteiger partial charge in [-0.15, -0.1) is 0 Å². The fraction of sp³-hybridized carbons (Fsp3) is 0. The van der Waals surface area contributed by atoms with E-state index in [4.69, 9.17) is 0 Å². The van der Waals surface area contributed by atoms with Crippen LogP contribution >= 0.6 is 0 Å². The van der Waals surface area contributed by atoms with Crippen LogP contribution in [0.4, 0.5) is 17.1 Å². The maximum absolute atomic E-state index is 2.37. The molecule has 54 heavy (non-hydrogen) atoms. The Morgan fingerprint density at radius 3 is 1.41 bits per heavy atom. The van der Waals surface area contributed by atoms with E-state index in [9.17, 15) is 0 Å². The fourth-order valence-electron chi connectivity index (χ4n) is 7.98. The van der Waals surface area contributed by atoms with E-state index in [0.29, 0.717) is 0 Å². The summed E-state index contributed by atoms with van der Waals surface area (Å²) in [5, 5.41) is 5.02. The Labute approximate surface area is 315 Å². The summed E-state index contributed by atoms with van der Waals surface area (Å²) in [4.78, 5) is 2.37. The first kappa shape index (κ1) is 31.6. The van der Waals surface area contributed by atoms with Crippen molar-refractivity contribution < 1.29 is 0 Å². The van der Waals surface area contributed by atoms with E-state index in [1.165, 1.54) is 66.0 Å². The molecular weight excluding hydrogens is 653 g/mol. The SMILES string of the molecule is c1ccc(-c2ccc(-c3ccc(N(c4ccc(-n5c6ccccc6c6ccccc65)cc4)c4cccc(-c5cccc6ccccc56)c4)cc3)cc2)cc1. The highest BCUT2D eigenvalue weighted by Gasteiger charge is 2.17. The Morgan fingerprint density at radius 2 is 0.759 bits per heavy atom. The van der Waals surface area contributed by atoms with Crippen molar-refractivity contribution in [2.75, 3.05) is 4.90 Å². The van der Waals surface area contributed by atoms with Crippen molar-refractivity contribution in [1.82, 2.24) is 4.57 Å². The van der Waals surface area contributed by atoms with Gasteiger partial charge in [0.15, 0.2) is 0 Å². The fourth-order valence-corrected chi connectivity index (χ4v) is 7.98. The number of hydrogen-bond acceptors (Lipinski definition) is 1. The molecule has 10 aromatic rings. The molecule has 2 nitrogen and oxygen atoms in total. The number of aromatic nitrogens is 1. The van der Waals surface area contributed by atoms with E-state index in [-0.39, 0.29) is 0 Å². The second-order valence-electron chi connectivity index (χ2n) is 13.8. The number of hydrogen-bond donors (Lipinski definition) is 0. The Balaban J connectivity index is 1.07. The first-order valence-electron chi connectivity index (χ1n) is 18.5. The van der Waals surface area contributed by atoms with Gasteiger partial charge in [-0.2, -0.15) is 0 Å². The zero-order chi connectivity index (χ0) is 35.8. The molecular formula is C52H36N2. The summed E-state index contributed by atoms with van der Waals surface area (Å²) in [5.41, 5.74) is 14.1. The predicted octanol–water partition coefficient (Wildman–Crippen LogP) is 14.4. The third kappa shape index (κ3) is 5.62. The molecule has 0 aliphatic heterocycles. The summed E-state index contributed by atoms with van der Waals surface area (Å²) in [5.74, 6) is 0. The van der Waals surface area contributed by atoms with E-state index in [2.05, 4.69) is 228 Å². The Kier molecular flexibility index (Phi) is 7.85. The maximum Gasteiger partial charge on any atom is 0.0541 e. The molecule has 254 valence electrons. The molecule has 9 aromatic carbocycles. The van der Waals surface area contributed by atoms with Crippen molar-refractivity contribution >= 4 is 49.6 Å². The number of nitrogens with zero attached hydrogens (tertiary/aromatic N) is 2. The molecule has 1 heterocycles. The van der Waals surface area contributed by atoms with Gasteiger partial charge >= 0.3 is 0 Å². The Bertz CT molecular complexity index is 2840. The van der Waals surface area contributed by atoms with Gasteiger partial charge in [-0.05, 0) is 105 Å². The average molecular weight is 689 g/mol. The van der Waals surface area contributed by atoms with Gasteiger partial charge in [0.2, 0.25) is 0 Å². The average Bonchev–Trinajstić information content (AvgIpc) is 3.59. The minimum absolute atomic E-state index is 1.09. The number of fused-ring (bicyclic) bond motifs is 4. The lowest BCUT2D eigenvalue weighted by atomic mass is 9.97. The largest absolute Gasteiger partial charge is 0.310 e. The van der Waals surface area contributed by atoms with Crippen molar-refractivity contribution in [2.24, 2.45) is 0 Å². The third-order valence-electron chi connectivity index (χ3n) is 10.6. The summed E-state index contributed by atoms with van der Waals surface area (Å²) in [6, 6.07) is 78.8. The molecule has 0 saturated heterocycles. The molecule has 0 amide bonds. The molecule has 0 radical (unpaired) electrons. The second-order valence-corrected chi connectivity index (χ2v) is 13.8. The van der Waals surface area contributed by atoms with Crippen LogP contribution in [0.5, 0.6) is 0 Å². The standard InChI is InChI=1S/C52H36N2/c1-2-12-37(13-3-1)38-24-26-39(27-25-38)40-28-30-43(31-29-40)53(46-17-10-16-42(36-46)48-21-11-15-41-14-4-5-18-47(41)48)44-32-34-45(35-33-44)54-51-22-8-6-19-49(51)50-20-7-9-23-52(50)54/h1-36H.